The van der Waals surface area contributed by atoms with E-state index < -0.39 is 22.7 Å². The fourth-order valence-electron chi connectivity index (χ4n) is 1.11. The smallest absolute Gasteiger partial charge is 0.328 e. The van der Waals surface area contributed by atoms with Crippen molar-refractivity contribution in [2.45, 2.75) is 0 Å². The van der Waals surface area contributed by atoms with Crippen molar-refractivity contribution in [2.75, 3.05) is 0 Å². The summed E-state index contributed by atoms with van der Waals surface area (Å²) in [5.41, 5.74) is 3.89. The zero-order valence-electron chi connectivity index (χ0n) is 9.90. The van der Waals surface area contributed by atoms with Gasteiger partial charge in [-0.3, -0.25) is 30.6 Å². The molecule has 0 spiro atoms. The van der Waals surface area contributed by atoms with Crippen LogP contribution < -0.4 is 10.9 Å². The van der Waals surface area contributed by atoms with E-state index in [0.29, 0.717) is 6.08 Å². The first kappa shape index (κ1) is 14.8. The fourth-order valence-corrected chi connectivity index (χ4v) is 1.11. The zero-order chi connectivity index (χ0) is 15.1. The zero-order valence-corrected chi connectivity index (χ0v) is 9.90. The third-order valence-corrected chi connectivity index (χ3v) is 2.02. The van der Waals surface area contributed by atoms with Crippen molar-refractivity contribution in [3.05, 3.63) is 52.1 Å². The summed E-state index contributed by atoms with van der Waals surface area (Å²) in [4.78, 5) is 42.5. The number of carbonyl (C=O) groups is 3. The number of carboxylic acids is 1. The normalized spacial score (nSPS) is 10.0. The summed E-state index contributed by atoms with van der Waals surface area (Å²) in [6, 6.07) is 4.71. The number of amides is 2. The topological polar surface area (TPSA) is 139 Å². The summed E-state index contributed by atoms with van der Waals surface area (Å²) in [5.74, 6) is -2.83. The van der Waals surface area contributed by atoms with Crippen LogP contribution in [-0.4, -0.2) is 27.8 Å². The lowest BCUT2D eigenvalue weighted by atomic mass is 10.2. The molecule has 0 aromatic heterocycles. The lowest BCUT2D eigenvalue weighted by Crippen LogP contribution is -2.40. The van der Waals surface area contributed by atoms with E-state index in [2.05, 4.69) is 0 Å². The van der Waals surface area contributed by atoms with Crippen molar-refractivity contribution in [1.29, 1.82) is 0 Å². The molecule has 9 nitrogen and oxygen atoms in total. The van der Waals surface area contributed by atoms with Crippen LogP contribution in [0.4, 0.5) is 5.69 Å². The van der Waals surface area contributed by atoms with E-state index in [9.17, 15) is 24.5 Å². The molecule has 1 rings (SSSR count). The van der Waals surface area contributed by atoms with E-state index in [0.717, 1.165) is 18.2 Å². The number of carbonyl (C=O) groups excluding carboxylic acids is 2. The predicted molar refractivity (Wildman–Crippen MR) is 65.5 cm³/mol. The number of rotatable bonds is 4. The van der Waals surface area contributed by atoms with E-state index >= 15 is 0 Å². The van der Waals surface area contributed by atoms with Crippen LogP contribution in [-0.2, 0) is 9.59 Å². The standard InChI is InChI=1S/C11H9N3O6/c15-9(5-6-10(16)17)12-13-11(18)7-1-3-8(4-2-7)14(19)20/h1-6H,(H,12,15)(H,13,18)(H,16,17)/b6-5-. The Morgan fingerprint density at radius 3 is 2.20 bits per heavy atom. The van der Waals surface area contributed by atoms with E-state index in [-0.39, 0.29) is 11.3 Å². The maximum atomic E-state index is 11.5. The minimum atomic E-state index is -1.30. The van der Waals surface area contributed by atoms with Crippen molar-refractivity contribution < 1.29 is 24.4 Å². The number of hydrazine groups is 1. The molecule has 20 heavy (non-hydrogen) atoms. The first-order chi connectivity index (χ1) is 9.40. The number of carboxylic acid groups (broad SMARTS) is 1. The Kier molecular flexibility index (Phi) is 4.92. The summed E-state index contributed by atoms with van der Waals surface area (Å²) < 4.78 is 0. The van der Waals surface area contributed by atoms with Gasteiger partial charge < -0.3 is 5.11 Å². The van der Waals surface area contributed by atoms with Crippen molar-refractivity contribution in [2.24, 2.45) is 0 Å². The largest absolute Gasteiger partial charge is 0.478 e. The quantitative estimate of drug-likeness (QED) is 0.402. The number of nitro groups is 1. The Balaban J connectivity index is 2.57. The molecule has 0 saturated carbocycles. The molecular weight excluding hydrogens is 270 g/mol. The van der Waals surface area contributed by atoms with Gasteiger partial charge in [-0.15, -0.1) is 0 Å². The van der Waals surface area contributed by atoms with Crippen LogP contribution in [0.5, 0.6) is 0 Å². The van der Waals surface area contributed by atoms with Gasteiger partial charge in [0.1, 0.15) is 0 Å². The second-order valence-electron chi connectivity index (χ2n) is 3.42. The molecule has 0 heterocycles. The SMILES string of the molecule is O=C(O)/C=C\C(=O)NNC(=O)c1ccc([N+](=O)[O-])cc1. The van der Waals surface area contributed by atoms with Gasteiger partial charge in [-0.1, -0.05) is 0 Å². The van der Waals surface area contributed by atoms with E-state index in [1.54, 1.807) is 0 Å². The first-order valence-corrected chi connectivity index (χ1v) is 5.16. The Bertz CT molecular complexity index is 578. The van der Waals surface area contributed by atoms with Gasteiger partial charge in [-0.25, -0.2) is 4.79 Å². The molecule has 0 radical (unpaired) electrons. The lowest BCUT2D eigenvalue weighted by molar-refractivity contribution is -0.384. The van der Waals surface area contributed by atoms with E-state index in [1.807, 2.05) is 10.9 Å². The van der Waals surface area contributed by atoms with Crippen LogP contribution >= 0.6 is 0 Å². The summed E-state index contributed by atoms with van der Waals surface area (Å²) in [6.45, 7) is 0. The lowest BCUT2D eigenvalue weighted by Gasteiger charge is -2.04. The third kappa shape index (κ3) is 4.56. The fraction of sp³-hybridized carbons (Fsp3) is 0. The third-order valence-electron chi connectivity index (χ3n) is 2.02. The van der Waals surface area contributed by atoms with Gasteiger partial charge in [0.15, 0.2) is 0 Å². The van der Waals surface area contributed by atoms with E-state index in [4.69, 9.17) is 5.11 Å². The van der Waals surface area contributed by atoms with Crippen molar-refractivity contribution >= 4 is 23.5 Å². The number of nitrogens with zero attached hydrogens (tertiary/aromatic N) is 1. The monoisotopic (exact) mass is 279 g/mol. The van der Waals surface area contributed by atoms with Gasteiger partial charge in [0.2, 0.25) is 0 Å². The summed E-state index contributed by atoms with van der Waals surface area (Å²) in [5, 5.41) is 18.7. The number of non-ortho nitro benzene ring substituents is 1. The molecule has 0 bridgehead atoms. The Hall–Kier alpha value is -3.23. The van der Waals surface area contributed by atoms with E-state index in [1.165, 1.54) is 12.1 Å². The van der Waals surface area contributed by atoms with Crippen LogP contribution in [0.15, 0.2) is 36.4 Å². The van der Waals surface area contributed by atoms with Gasteiger partial charge in [0.05, 0.1) is 4.92 Å². The summed E-state index contributed by atoms with van der Waals surface area (Å²) >= 11 is 0. The van der Waals surface area contributed by atoms with Crippen LogP contribution in [0.2, 0.25) is 0 Å². The molecule has 1 aromatic rings. The highest BCUT2D eigenvalue weighted by Crippen LogP contribution is 2.11. The molecule has 0 aliphatic rings. The maximum Gasteiger partial charge on any atom is 0.328 e. The summed E-state index contributed by atoms with van der Waals surface area (Å²) in [6.07, 6.45) is 1.33. The number of hydrogen-bond donors (Lipinski definition) is 3. The molecule has 9 heteroatoms. The van der Waals surface area contributed by atoms with Crippen molar-refractivity contribution in [3.8, 4) is 0 Å². The Morgan fingerprint density at radius 1 is 1.10 bits per heavy atom. The second-order valence-corrected chi connectivity index (χ2v) is 3.42. The molecule has 0 aliphatic heterocycles. The Morgan fingerprint density at radius 2 is 1.70 bits per heavy atom. The molecule has 0 saturated heterocycles. The number of benzene rings is 1. The highest BCUT2D eigenvalue weighted by molar-refractivity contribution is 5.98. The van der Waals surface area contributed by atoms with Gasteiger partial charge >= 0.3 is 5.97 Å². The van der Waals surface area contributed by atoms with Gasteiger partial charge in [0, 0.05) is 29.8 Å². The first-order valence-electron chi connectivity index (χ1n) is 5.16. The van der Waals surface area contributed by atoms with Crippen LogP contribution in [0.1, 0.15) is 10.4 Å². The molecular formula is C11H9N3O6. The molecule has 3 N–H and O–H groups in total. The average molecular weight is 279 g/mol. The molecule has 0 aliphatic carbocycles. The second kappa shape index (κ2) is 6.64. The number of hydrogen-bond acceptors (Lipinski definition) is 5. The molecule has 0 unspecified atom stereocenters. The summed E-state index contributed by atoms with van der Waals surface area (Å²) in [7, 11) is 0. The average Bonchev–Trinajstić information content (AvgIpc) is 2.42. The molecule has 0 fully saturated rings. The maximum absolute atomic E-state index is 11.5. The molecule has 104 valence electrons. The molecule has 1 aromatic carbocycles. The predicted octanol–water partition coefficient (Wildman–Crippen LogP) is -0.00340. The highest BCUT2D eigenvalue weighted by atomic mass is 16.6. The molecule has 2 amide bonds. The van der Waals surface area contributed by atoms with Crippen LogP contribution in [0, 0.1) is 10.1 Å². The minimum Gasteiger partial charge on any atom is -0.478 e. The molecule has 0 atom stereocenters. The van der Waals surface area contributed by atoms with Gasteiger partial charge in [-0.05, 0) is 12.1 Å². The van der Waals surface area contributed by atoms with Crippen molar-refractivity contribution in [3.63, 3.8) is 0 Å². The number of nitro benzene ring substituents is 1. The van der Waals surface area contributed by atoms with Crippen LogP contribution in [0.3, 0.4) is 0 Å². The number of aliphatic carboxylic acids is 1. The van der Waals surface area contributed by atoms with Gasteiger partial charge in [-0.2, -0.15) is 0 Å². The van der Waals surface area contributed by atoms with Gasteiger partial charge in [0.25, 0.3) is 17.5 Å². The minimum absolute atomic E-state index is 0.0955. The highest BCUT2D eigenvalue weighted by Gasteiger charge is 2.09. The number of nitrogens with one attached hydrogen (secondary N) is 2. The van der Waals surface area contributed by atoms with Crippen molar-refractivity contribution in [1.82, 2.24) is 10.9 Å². The Labute approximate surface area is 112 Å². The van der Waals surface area contributed by atoms with Crippen LogP contribution in [0.25, 0.3) is 0 Å².